The Bertz CT molecular complexity index is 1100. The van der Waals surface area contributed by atoms with Gasteiger partial charge in [-0.1, -0.05) is 48.5 Å². The maximum atomic E-state index is 12.7. The lowest BCUT2D eigenvalue weighted by molar-refractivity contribution is -0.142. The second-order valence-corrected chi connectivity index (χ2v) is 10.3. The molecule has 3 unspecified atom stereocenters. The molecule has 5 rings (SSSR count). The molecule has 2 aromatic rings. The molecule has 3 N–H and O–H groups in total. The van der Waals surface area contributed by atoms with Gasteiger partial charge in [0.2, 0.25) is 5.91 Å². The minimum absolute atomic E-state index is 0.0174. The molecular formula is C28H32N2O5. The lowest BCUT2D eigenvalue weighted by Crippen LogP contribution is -2.50. The van der Waals surface area contributed by atoms with Crippen molar-refractivity contribution in [1.82, 2.24) is 10.6 Å². The van der Waals surface area contributed by atoms with Crippen LogP contribution in [-0.4, -0.2) is 41.8 Å². The predicted molar refractivity (Wildman–Crippen MR) is 131 cm³/mol. The van der Waals surface area contributed by atoms with Gasteiger partial charge in [0.05, 0.1) is 5.92 Å². The summed E-state index contributed by atoms with van der Waals surface area (Å²) in [4.78, 5) is 36.5. The Labute approximate surface area is 205 Å². The molecule has 184 valence electrons. The number of rotatable bonds is 7. The van der Waals surface area contributed by atoms with E-state index in [4.69, 9.17) is 9.84 Å². The van der Waals surface area contributed by atoms with Gasteiger partial charge in [-0.2, -0.15) is 0 Å². The fourth-order valence-electron chi connectivity index (χ4n) is 6.08. The molecule has 35 heavy (non-hydrogen) atoms. The molecule has 0 bridgehead atoms. The monoisotopic (exact) mass is 476 g/mol. The van der Waals surface area contributed by atoms with Crippen LogP contribution in [0.1, 0.15) is 50.2 Å². The van der Waals surface area contributed by atoms with Gasteiger partial charge >= 0.3 is 12.1 Å². The molecule has 3 aliphatic carbocycles. The fraction of sp³-hybridized carbons (Fsp3) is 0.464. The lowest BCUT2D eigenvalue weighted by Gasteiger charge is -2.40. The zero-order valence-corrected chi connectivity index (χ0v) is 20.1. The van der Waals surface area contributed by atoms with Gasteiger partial charge < -0.3 is 20.5 Å². The van der Waals surface area contributed by atoms with Crippen LogP contribution in [0.5, 0.6) is 0 Å². The van der Waals surface area contributed by atoms with E-state index in [1.165, 1.54) is 22.3 Å². The number of carbonyl (C=O) groups is 3. The Balaban J connectivity index is 1.13. The Kier molecular flexibility index (Phi) is 6.26. The van der Waals surface area contributed by atoms with Gasteiger partial charge in [0.1, 0.15) is 6.61 Å². The molecule has 0 radical (unpaired) electrons. The van der Waals surface area contributed by atoms with Crippen molar-refractivity contribution in [2.45, 2.75) is 51.1 Å². The number of amides is 2. The summed E-state index contributed by atoms with van der Waals surface area (Å²) >= 11 is 0. The summed E-state index contributed by atoms with van der Waals surface area (Å²) in [5, 5.41) is 15.0. The molecule has 0 aliphatic heterocycles. The Morgan fingerprint density at radius 3 is 2.23 bits per heavy atom. The summed E-state index contributed by atoms with van der Waals surface area (Å²) in [6, 6.07) is 16.1. The molecule has 0 spiro atoms. The van der Waals surface area contributed by atoms with Crippen LogP contribution < -0.4 is 10.6 Å². The average molecular weight is 477 g/mol. The van der Waals surface area contributed by atoms with E-state index in [-0.39, 0.29) is 36.3 Å². The highest BCUT2D eigenvalue weighted by Crippen LogP contribution is 2.50. The number of aliphatic carboxylic acids is 1. The standard InChI is InChI=1S/C28H32N2O5/c1-15(27(32)33)16(2)29-26(31)18-11-17-13-25(23(17)12-18)30-28(34)35-14-24-21-9-5-3-7-19(21)20-8-4-6-10-22(20)24/h3-10,15-18,23-25H,11-14H2,1-2H3,(H,29,31)(H,30,34)(H,32,33)/t15?,16?,17-,18?,23-,25+/m0/s1. The van der Waals surface area contributed by atoms with E-state index < -0.39 is 24.0 Å². The maximum Gasteiger partial charge on any atom is 0.407 e. The largest absolute Gasteiger partial charge is 0.481 e. The first-order chi connectivity index (χ1) is 16.8. The van der Waals surface area contributed by atoms with Crippen molar-refractivity contribution < 1.29 is 24.2 Å². The molecule has 0 heterocycles. The summed E-state index contributed by atoms with van der Waals surface area (Å²) in [6.07, 6.45) is 1.93. The Morgan fingerprint density at radius 1 is 0.971 bits per heavy atom. The zero-order valence-electron chi connectivity index (χ0n) is 20.1. The van der Waals surface area contributed by atoms with Crippen LogP contribution in [0.25, 0.3) is 11.1 Å². The van der Waals surface area contributed by atoms with Crippen LogP contribution in [0.15, 0.2) is 48.5 Å². The quantitative estimate of drug-likeness (QED) is 0.557. The second kappa shape index (κ2) is 9.36. The van der Waals surface area contributed by atoms with Crippen molar-refractivity contribution in [3.63, 3.8) is 0 Å². The average Bonchev–Trinajstić information content (AvgIpc) is 3.35. The van der Waals surface area contributed by atoms with Crippen LogP contribution in [0.3, 0.4) is 0 Å². The highest BCUT2D eigenvalue weighted by Gasteiger charge is 2.50. The number of carbonyl (C=O) groups excluding carboxylic acids is 2. The van der Waals surface area contributed by atoms with Crippen LogP contribution in [0.4, 0.5) is 4.79 Å². The summed E-state index contributed by atoms with van der Waals surface area (Å²) < 4.78 is 5.69. The van der Waals surface area contributed by atoms with E-state index in [0.29, 0.717) is 12.3 Å². The topological polar surface area (TPSA) is 105 Å². The van der Waals surface area contributed by atoms with E-state index in [1.807, 2.05) is 24.3 Å². The van der Waals surface area contributed by atoms with Crippen molar-refractivity contribution in [2.75, 3.05) is 6.61 Å². The smallest absolute Gasteiger partial charge is 0.407 e. The van der Waals surface area contributed by atoms with Crippen LogP contribution in [0, 0.1) is 23.7 Å². The van der Waals surface area contributed by atoms with Gasteiger partial charge in [0.15, 0.2) is 0 Å². The van der Waals surface area contributed by atoms with Crippen LogP contribution in [-0.2, 0) is 14.3 Å². The van der Waals surface area contributed by atoms with Gasteiger partial charge in [0.25, 0.3) is 0 Å². The van der Waals surface area contributed by atoms with Crippen molar-refractivity contribution in [1.29, 1.82) is 0 Å². The molecule has 2 saturated carbocycles. The van der Waals surface area contributed by atoms with Crippen LogP contribution >= 0.6 is 0 Å². The number of carboxylic acids is 1. The Morgan fingerprint density at radius 2 is 1.60 bits per heavy atom. The zero-order chi connectivity index (χ0) is 24.7. The van der Waals surface area contributed by atoms with Gasteiger partial charge in [-0.05, 0) is 67.2 Å². The first-order valence-corrected chi connectivity index (χ1v) is 12.5. The van der Waals surface area contributed by atoms with Crippen molar-refractivity contribution in [3.05, 3.63) is 59.7 Å². The third-order valence-electron chi connectivity index (χ3n) is 8.35. The molecule has 3 aliphatic rings. The van der Waals surface area contributed by atoms with Gasteiger partial charge in [0, 0.05) is 23.9 Å². The molecule has 2 amide bonds. The maximum absolute atomic E-state index is 12.7. The van der Waals surface area contributed by atoms with E-state index in [0.717, 1.165) is 12.8 Å². The number of hydrogen-bond acceptors (Lipinski definition) is 4. The van der Waals surface area contributed by atoms with Gasteiger partial charge in [-0.25, -0.2) is 4.79 Å². The molecule has 2 aromatic carbocycles. The van der Waals surface area contributed by atoms with Crippen LogP contribution in [0.2, 0.25) is 0 Å². The van der Waals surface area contributed by atoms with Crippen molar-refractivity contribution in [2.24, 2.45) is 23.7 Å². The third kappa shape index (κ3) is 4.40. The van der Waals surface area contributed by atoms with Crippen molar-refractivity contribution in [3.8, 4) is 11.1 Å². The highest BCUT2D eigenvalue weighted by molar-refractivity contribution is 5.81. The van der Waals surface area contributed by atoms with E-state index >= 15 is 0 Å². The number of fused-ring (bicyclic) bond motifs is 4. The summed E-state index contributed by atoms with van der Waals surface area (Å²) in [7, 11) is 0. The van der Waals surface area contributed by atoms with Gasteiger partial charge in [-0.3, -0.25) is 9.59 Å². The molecule has 6 atom stereocenters. The normalized spacial score (nSPS) is 25.9. The predicted octanol–water partition coefficient (Wildman–Crippen LogP) is 4.17. The minimum Gasteiger partial charge on any atom is -0.481 e. The minimum atomic E-state index is -0.920. The number of nitrogens with one attached hydrogen (secondary N) is 2. The van der Waals surface area contributed by atoms with Crippen molar-refractivity contribution >= 4 is 18.0 Å². The lowest BCUT2D eigenvalue weighted by atomic mass is 9.71. The number of hydrogen-bond donors (Lipinski definition) is 3. The molecule has 0 saturated heterocycles. The molecule has 7 nitrogen and oxygen atoms in total. The van der Waals surface area contributed by atoms with E-state index in [1.54, 1.807) is 13.8 Å². The summed E-state index contributed by atoms with van der Waals surface area (Å²) in [5.41, 5.74) is 4.75. The number of benzene rings is 2. The highest BCUT2D eigenvalue weighted by atomic mass is 16.5. The number of ether oxygens (including phenoxy) is 1. The summed E-state index contributed by atoms with van der Waals surface area (Å²) in [6.45, 7) is 3.60. The molecule has 2 fully saturated rings. The van der Waals surface area contributed by atoms with Gasteiger partial charge in [-0.15, -0.1) is 0 Å². The molecular weight excluding hydrogens is 444 g/mol. The SMILES string of the molecule is CC(NC(=O)C1C[C@H]2C[C@@H](NC(=O)OCC3c4ccccc4-c4ccccc43)[C@H]2C1)C(C)C(=O)O. The number of alkyl carbamates (subject to hydrolysis) is 1. The fourth-order valence-corrected chi connectivity index (χ4v) is 6.08. The first-order valence-electron chi connectivity index (χ1n) is 12.5. The van der Waals surface area contributed by atoms with E-state index in [2.05, 4.69) is 34.9 Å². The molecule has 0 aromatic heterocycles. The molecule has 7 heteroatoms. The Hall–Kier alpha value is -3.35. The second-order valence-electron chi connectivity index (χ2n) is 10.3. The first kappa shape index (κ1) is 23.4. The third-order valence-corrected chi connectivity index (χ3v) is 8.35. The summed E-state index contributed by atoms with van der Waals surface area (Å²) in [5.74, 6) is -1.08. The number of carboxylic acid groups (broad SMARTS) is 1. The van der Waals surface area contributed by atoms with E-state index in [9.17, 15) is 14.4 Å².